The van der Waals surface area contributed by atoms with Gasteiger partial charge in [0.05, 0.1) is 33.3 Å². The maximum atomic E-state index is 13.4. The highest BCUT2D eigenvalue weighted by Crippen LogP contribution is 2.30. The van der Waals surface area contributed by atoms with E-state index in [0.29, 0.717) is 32.4 Å². The fourth-order valence-electron chi connectivity index (χ4n) is 5.50. The number of hydrogen-bond donors (Lipinski definition) is 0. The Bertz CT molecular complexity index is 1030. The smallest absolute Gasteiger partial charge is 0.320 e. The Balaban J connectivity index is 3.75. The van der Waals surface area contributed by atoms with Crippen LogP contribution in [0.1, 0.15) is 109 Å². The van der Waals surface area contributed by atoms with Crippen molar-refractivity contribution in [1.82, 2.24) is 14.7 Å². The van der Waals surface area contributed by atoms with E-state index in [2.05, 4.69) is 0 Å². The average Bonchev–Trinajstić information content (AvgIpc) is 3.01. The van der Waals surface area contributed by atoms with E-state index in [0.717, 1.165) is 0 Å². The van der Waals surface area contributed by atoms with Gasteiger partial charge in [0, 0.05) is 38.1 Å². The second kappa shape index (κ2) is 17.8. The first kappa shape index (κ1) is 43.3. The van der Waals surface area contributed by atoms with Crippen molar-refractivity contribution < 1.29 is 47.7 Å². The Morgan fingerprint density at radius 1 is 0.562 bits per heavy atom. The summed E-state index contributed by atoms with van der Waals surface area (Å²) in [5, 5.41) is 0. The van der Waals surface area contributed by atoms with E-state index in [9.17, 15) is 24.0 Å². The molecule has 0 atom stereocenters. The van der Waals surface area contributed by atoms with Crippen LogP contribution in [0, 0.1) is 0 Å². The number of methoxy groups -OCH3 is 1. The lowest BCUT2D eigenvalue weighted by atomic mass is 9.88. The first-order valence-electron chi connectivity index (χ1n) is 16.8. The zero-order chi connectivity index (χ0) is 37.1. The topological polar surface area (TPSA) is 141 Å². The third-order valence-electron chi connectivity index (χ3n) is 6.97. The van der Waals surface area contributed by atoms with Crippen LogP contribution in [0.2, 0.25) is 0 Å². The molecule has 0 unspecified atom stereocenters. The minimum absolute atomic E-state index is 0.0474. The molecule has 278 valence electrons. The van der Waals surface area contributed by atoms with Crippen LogP contribution in [0.3, 0.4) is 0 Å². The lowest BCUT2D eigenvalue weighted by Crippen LogP contribution is -2.62. The predicted molar refractivity (Wildman–Crippen MR) is 181 cm³/mol. The summed E-state index contributed by atoms with van der Waals surface area (Å²) >= 11 is 0. The molecule has 1 saturated heterocycles. The summed E-state index contributed by atoms with van der Waals surface area (Å²) in [5.41, 5.74) is -3.94. The minimum atomic E-state index is -0.982. The van der Waals surface area contributed by atoms with Crippen molar-refractivity contribution in [3.05, 3.63) is 0 Å². The molecular weight excluding hydrogens is 622 g/mol. The van der Waals surface area contributed by atoms with Crippen LogP contribution in [0.15, 0.2) is 0 Å². The maximum absolute atomic E-state index is 13.4. The van der Waals surface area contributed by atoms with Gasteiger partial charge in [-0.05, 0) is 95.9 Å². The Morgan fingerprint density at radius 3 is 1.25 bits per heavy atom. The van der Waals surface area contributed by atoms with Gasteiger partial charge in [-0.1, -0.05) is 6.42 Å². The molecule has 1 rings (SSSR count). The summed E-state index contributed by atoms with van der Waals surface area (Å²) in [7, 11) is 1.33. The highest BCUT2D eigenvalue weighted by atomic mass is 16.6. The maximum Gasteiger partial charge on any atom is 0.320 e. The van der Waals surface area contributed by atoms with E-state index >= 15 is 0 Å². The lowest BCUT2D eigenvalue weighted by molar-refractivity contribution is -0.166. The van der Waals surface area contributed by atoms with Crippen molar-refractivity contribution in [2.24, 2.45) is 0 Å². The molecular formula is C35H63N3O10. The van der Waals surface area contributed by atoms with Crippen molar-refractivity contribution in [2.45, 2.75) is 137 Å². The highest BCUT2D eigenvalue weighted by Gasteiger charge is 2.45. The fraction of sp³-hybridized carbons (Fsp3) is 0.857. The first-order valence-corrected chi connectivity index (χ1v) is 16.8. The van der Waals surface area contributed by atoms with Gasteiger partial charge >= 0.3 is 29.8 Å². The quantitative estimate of drug-likeness (QED) is 0.149. The standard InChI is InChI=1S/C35H63N3O10/c1-31(2,3)45-27(40)20-36-18-19-37(21-28(41)46-32(4,5)6)25-35(24-36,17-15-14-16-26(39)44-13)38(22-29(42)47-33(7,8)9)23-30(43)48-34(10,11)12/h14-25H2,1-13H3. The molecule has 0 amide bonds. The van der Waals surface area contributed by atoms with Gasteiger partial charge in [0.25, 0.3) is 0 Å². The molecule has 48 heavy (non-hydrogen) atoms. The second-order valence-electron chi connectivity index (χ2n) is 16.6. The van der Waals surface area contributed by atoms with Crippen molar-refractivity contribution in [2.75, 3.05) is 59.5 Å². The van der Waals surface area contributed by atoms with E-state index in [1.54, 1.807) is 88.0 Å². The lowest BCUT2D eigenvalue weighted by Gasteiger charge is -2.46. The van der Waals surface area contributed by atoms with Gasteiger partial charge in [-0.2, -0.15) is 0 Å². The number of nitrogens with zero attached hydrogens (tertiary/aromatic N) is 3. The van der Waals surface area contributed by atoms with E-state index in [1.807, 2.05) is 9.80 Å². The molecule has 0 aromatic rings. The molecule has 0 spiro atoms. The predicted octanol–water partition coefficient (Wildman–Crippen LogP) is 3.75. The van der Waals surface area contributed by atoms with Crippen molar-refractivity contribution in [3.8, 4) is 0 Å². The Hall–Kier alpha value is -2.77. The summed E-state index contributed by atoms with van der Waals surface area (Å²) < 4.78 is 27.6. The van der Waals surface area contributed by atoms with Gasteiger partial charge in [-0.25, -0.2) is 0 Å². The number of ether oxygens (including phenoxy) is 5. The zero-order valence-corrected chi connectivity index (χ0v) is 31.9. The van der Waals surface area contributed by atoms with Crippen LogP contribution >= 0.6 is 0 Å². The largest absolute Gasteiger partial charge is 0.469 e. The van der Waals surface area contributed by atoms with Gasteiger partial charge in [0.15, 0.2) is 0 Å². The Morgan fingerprint density at radius 2 is 0.917 bits per heavy atom. The van der Waals surface area contributed by atoms with Crippen LogP contribution in [-0.4, -0.2) is 132 Å². The summed E-state index contributed by atoms with van der Waals surface area (Å²) in [5.74, 6) is -2.27. The molecule has 1 heterocycles. The number of carbonyl (C=O) groups is 5. The van der Waals surface area contributed by atoms with Gasteiger partial charge < -0.3 is 23.7 Å². The first-order chi connectivity index (χ1) is 21.7. The molecule has 0 aromatic carbocycles. The van der Waals surface area contributed by atoms with Gasteiger partial charge in [-0.3, -0.25) is 38.7 Å². The molecule has 0 bridgehead atoms. The molecule has 0 aliphatic carbocycles. The van der Waals surface area contributed by atoms with Crippen LogP contribution in [0.5, 0.6) is 0 Å². The fourth-order valence-corrected chi connectivity index (χ4v) is 5.50. The molecule has 1 fully saturated rings. The molecule has 1 aliphatic heterocycles. The van der Waals surface area contributed by atoms with E-state index in [-0.39, 0.29) is 51.7 Å². The molecule has 0 saturated carbocycles. The van der Waals surface area contributed by atoms with Gasteiger partial charge in [-0.15, -0.1) is 0 Å². The van der Waals surface area contributed by atoms with Crippen LogP contribution < -0.4 is 0 Å². The Labute approximate surface area is 288 Å². The Kier molecular flexibility index (Phi) is 16.0. The summed E-state index contributed by atoms with van der Waals surface area (Å²) in [4.78, 5) is 70.7. The molecule has 0 N–H and O–H groups in total. The number of hydrogen-bond acceptors (Lipinski definition) is 13. The number of unbranched alkanes of at least 4 members (excludes halogenated alkanes) is 1. The number of rotatable bonds is 14. The van der Waals surface area contributed by atoms with Crippen molar-refractivity contribution >= 4 is 29.8 Å². The zero-order valence-electron chi connectivity index (χ0n) is 31.9. The molecule has 13 nitrogen and oxygen atoms in total. The monoisotopic (exact) mass is 685 g/mol. The number of esters is 5. The highest BCUT2D eigenvalue weighted by molar-refractivity contribution is 5.76. The third kappa shape index (κ3) is 18.7. The van der Waals surface area contributed by atoms with Crippen LogP contribution in [0.4, 0.5) is 0 Å². The van der Waals surface area contributed by atoms with Crippen LogP contribution in [-0.2, 0) is 47.7 Å². The average molecular weight is 686 g/mol. The van der Waals surface area contributed by atoms with E-state index in [4.69, 9.17) is 23.7 Å². The normalized spacial score (nSPS) is 16.5. The minimum Gasteiger partial charge on any atom is -0.469 e. The molecule has 13 heteroatoms. The SMILES string of the molecule is COC(=O)CCCCC1(N(CC(=O)OC(C)(C)C)CC(=O)OC(C)(C)C)CN(CC(=O)OC(C)(C)C)CCN(CC(=O)OC(C)(C)C)C1. The van der Waals surface area contributed by atoms with Gasteiger partial charge in [0.1, 0.15) is 22.4 Å². The summed E-state index contributed by atoms with van der Waals surface area (Å²) in [6.07, 6.45) is 1.60. The van der Waals surface area contributed by atoms with E-state index < -0.39 is 51.8 Å². The number of carbonyl (C=O) groups excluding carboxylic acids is 5. The van der Waals surface area contributed by atoms with E-state index in [1.165, 1.54) is 7.11 Å². The molecule has 1 aliphatic rings. The summed E-state index contributed by atoms with van der Waals surface area (Å²) in [6.45, 7) is 22.1. The molecule has 0 aromatic heterocycles. The molecule has 0 radical (unpaired) electrons. The second-order valence-corrected chi connectivity index (χ2v) is 16.6. The van der Waals surface area contributed by atoms with Gasteiger partial charge in [0.2, 0.25) is 0 Å². The third-order valence-corrected chi connectivity index (χ3v) is 6.97. The van der Waals surface area contributed by atoms with Crippen LogP contribution in [0.25, 0.3) is 0 Å². The summed E-state index contributed by atoms with van der Waals surface area (Å²) in [6, 6.07) is 0. The van der Waals surface area contributed by atoms with Crippen molar-refractivity contribution in [1.29, 1.82) is 0 Å². The van der Waals surface area contributed by atoms with Crippen molar-refractivity contribution in [3.63, 3.8) is 0 Å².